The van der Waals surface area contributed by atoms with Gasteiger partial charge >= 0.3 is 0 Å². The maximum Gasteiger partial charge on any atom is 0.277 e. The van der Waals surface area contributed by atoms with E-state index in [9.17, 15) is 13.2 Å². The molecular weight excluding hydrogens is 366 g/mol. The van der Waals surface area contributed by atoms with Crippen LogP contribution in [-0.4, -0.2) is 47.7 Å². The molecule has 0 fully saturated rings. The highest BCUT2D eigenvalue weighted by Gasteiger charge is 2.21. The predicted molar refractivity (Wildman–Crippen MR) is 101 cm³/mol. The van der Waals surface area contributed by atoms with E-state index in [0.29, 0.717) is 11.3 Å². The summed E-state index contributed by atoms with van der Waals surface area (Å²) in [7, 11) is -0.692. The van der Waals surface area contributed by atoms with Crippen molar-refractivity contribution in [3.05, 3.63) is 66.0 Å². The van der Waals surface area contributed by atoms with Crippen LogP contribution in [0.4, 0.5) is 5.69 Å². The number of hydrogen-bond acceptors (Lipinski definition) is 5. The molecule has 9 heteroatoms. The van der Waals surface area contributed by atoms with Crippen molar-refractivity contribution in [2.24, 2.45) is 0 Å². The van der Waals surface area contributed by atoms with Gasteiger partial charge < -0.3 is 5.32 Å². The summed E-state index contributed by atoms with van der Waals surface area (Å²) in [5.74, 6) is -0.478. The van der Waals surface area contributed by atoms with Gasteiger partial charge in [0.2, 0.25) is 10.0 Å². The Morgan fingerprint density at radius 3 is 2.48 bits per heavy atom. The summed E-state index contributed by atoms with van der Waals surface area (Å²) in [5.41, 5.74) is 1.81. The molecular formula is C18H19N5O3S. The van der Waals surface area contributed by atoms with Gasteiger partial charge in [-0.15, -0.1) is 5.10 Å². The van der Waals surface area contributed by atoms with Crippen molar-refractivity contribution in [3.63, 3.8) is 0 Å². The van der Waals surface area contributed by atoms with E-state index in [1.807, 2.05) is 30.3 Å². The summed E-state index contributed by atoms with van der Waals surface area (Å²) < 4.78 is 25.9. The first-order valence-corrected chi connectivity index (χ1v) is 9.55. The van der Waals surface area contributed by atoms with Gasteiger partial charge in [0.25, 0.3) is 5.91 Å². The Labute approximate surface area is 157 Å². The zero-order valence-electron chi connectivity index (χ0n) is 15.1. The number of carbonyl (C=O) groups excluding carboxylic acids is 1. The van der Waals surface area contributed by atoms with Crippen LogP contribution in [0.2, 0.25) is 0 Å². The van der Waals surface area contributed by atoms with Gasteiger partial charge in [-0.3, -0.25) is 4.79 Å². The van der Waals surface area contributed by atoms with Crippen molar-refractivity contribution in [2.75, 3.05) is 19.4 Å². The van der Waals surface area contributed by atoms with Crippen molar-refractivity contribution in [1.82, 2.24) is 19.3 Å². The summed E-state index contributed by atoms with van der Waals surface area (Å²) in [6.45, 7) is 1.70. The lowest BCUT2D eigenvalue weighted by molar-refractivity contribution is 0.102. The van der Waals surface area contributed by atoms with E-state index < -0.39 is 15.9 Å². The summed E-state index contributed by atoms with van der Waals surface area (Å²) in [5, 5.41) is 10.9. The number of rotatable bonds is 5. The van der Waals surface area contributed by atoms with Crippen LogP contribution in [0, 0.1) is 6.92 Å². The molecule has 0 radical (unpaired) electrons. The molecule has 0 aliphatic carbocycles. The van der Waals surface area contributed by atoms with Gasteiger partial charge in [0.15, 0.2) is 5.69 Å². The fraction of sp³-hybridized carbons (Fsp3) is 0.167. The van der Waals surface area contributed by atoms with Gasteiger partial charge in [-0.05, 0) is 36.8 Å². The summed E-state index contributed by atoms with van der Waals surface area (Å²) in [6.07, 6.45) is 1.36. The van der Waals surface area contributed by atoms with Crippen molar-refractivity contribution < 1.29 is 13.2 Å². The van der Waals surface area contributed by atoms with Crippen molar-refractivity contribution in [1.29, 1.82) is 0 Å². The van der Waals surface area contributed by atoms with E-state index in [4.69, 9.17) is 0 Å². The highest BCUT2D eigenvalue weighted by Crippen LogP contribution is 2.22. The third-order valence-electron chi connectivity index (χ3n) is 3.92. The fourth-order valence-corrected chi connectivity index (χ4v) is 3.54. The Bertz CT molecular complexity index is 1080. The van der Waals surface area contributed by atoms with Crippen molar-refractivity contribution in [2.45, 2.75) is 11.8 Å². The Morgan fingerprint density at radius 1 is 1.11 bits per heavy atom. The summed E-state index contributed by atoms with van der Waals surface area (Å²) in [6, 6.07) is 13.9. The highest BCUT2D eigenvalue weighted by atomic mass is 32.2. The van der Waals surface area contributed by atoms with Crippen LogP contribution in [0.1, 0.15) is 16.1 Å². The highest BCUT2D eigenvalue weighted by molar-refractivity contribution is 7.89. The minimum Gasteiger partial charge on any atom is -0.321 e. The average molecular weight is 385 g/mol. The van der Waals surface area contributed by atoms with Crippen LogP contribution in [0.25, 0.3) is 5.69 Å². The number of hydrogen-bond donors (Lipinski definition) is 1. The second-order valence-corrected chi connectivity index (χ2v) is 8.20. The number of para-hydroxylation sites is 1. The molecule has 0 spiro atoms. The molecule has 1 aromatic heterocycles. The van der Waals surface area contributed by atoms with Crippen LogP contribution >= 0.6 is 0 Å². The van der Waals surface area contributed by atoms with E-state index in [2.05, 4.69) is 15.5 Å². The summed E-state index contributed by atoms with van der Waals surface area (Å²) >= 11 is 0. The topological polar surface area (TPSA) is 97.2 Å². The maximum absolute atomic E-state index is 12.5. The number of aryl methyl sites for hydroxylation is 1. The van der Waals surface area contributed by atoms with Gasteiger partial charge in [0, 0.05) is 19.8 Å². The van der Waals surface area contributed by atoms with Gasteiger partial charge in [-0.25, -0.2) is 12.7 Å². The SMILES string of the molecule is Cc1ccc(NC(=O)c2cnn(-c3ccccc3)n2)cc1S(=O)(=O)N(C)C. The maximum atomic E-state index is 12.5. The van der Waals surface area contributed by atoms with E-state index in [1.54, 1.807) is 19.1 Å². The normalized spacial score (nSPS) is 11.6. The van der Waals surface area contributed by atoms with Crippen LogP contribution < -0.4 is 5.32 Å². The van der Waals surface area contributed by atoms with Crippen LogP contribution in [-0.2, 0) is 10.0 Å². The monoisotopic (exact) mass is 385 g/mol. The Kier molecular flexibility index (Phi) is 5.06. The molecule has 3 rings (SSSR count). The molecule has 0 atom stereocenters. The second kappa shape index (κ2) is 7.29. The third-order valence-corrected chi connectivity index (χ3v) is 5.87. The molecule has 1 N–H and O–H groups in total. The molecule has 0 saturated heterocycles. The van der Waals surface area contributed by atoms with E-state index in [-0.39, 0.29) is 10.6 Å². The molecule has 0 unspecified atom stereocenters. The number of aromatic nitrogens is 3. The molecule has 8 nitrogen and oxygen atoms in total. The molecule has 27 heavy (non-hydrogen) atoms. The zero-order chi connectivity index (χ0) is 19.6. The van der Waals surface area contributed by atoms with Gasteiger partial charge in [-0.2, -0.15) is 9.90 Å². The van der Waals surface area contributed by atoms with Crippen LogP contribution in [0.3, 0.4) is 0 Å². The first kappa shape index (κ1) is 18.7. The molecule has 140 valence electrons. The predicted octanol–water partition coefficient (Wildman–Crippen LogP) is 2.08. The Hall–Kier alpha value is -3.04. The molecule has 0 bridgehead atoms. The van der Waals surface area contributed by atoms with Gasteiger partial charge in [0.05, 0.1) is 16.8 Å². The first-order valence-electron chi connectivity index (χ1n) is 8.11. The lowest BCUT2D eigenvalue weighted by Gasteiger charge is -2.15. The number of carbonyl (C=O) groups is 1. The van der Waals surface area contributed by atoms with Crippen LogP contribution in [0.15, 0.2) is 59.6 Å². The number of sulfonamides is 1. The number of benzene rings is 2. The zero-order valence-corrected chi connectivity index (χ0v) is 15.9. The number of anilines is 1. The number of nitrogens with zero attached hydrogens (tertiary/aromatic N) is 4. The van der Waals surface area contributed by atoms with E-state index in [0.717, 1.165) is 9.99 Å². The molecule has 2 aromatic carbocycles. The standard InChI is InChI=1S/C18H19N5O3S/c1-13-9-10-14(11-17(13)27(25,26)22(2)3)20-18(24)16-12-19-23(21-16)15-7-5-4-6-8-15/h4-12H,1-3H3,(H,20,24). The molecule has 0 aliphatic heterocycles. The number of amides is 1. The lowest BCUT2D eigenvalue weighted by Crippen LogP contribution is -2.23. The molecule has 0 saturated carbocycles. The smallest absolute Gasteiger partial charge is 0.277 e. The second-order valence-electron chi connectivity index (χ2n) is 6.08. The molecule has 1 amide bonds. The van der Waals surface area contributed by atoms with E-state index in [1.165, 1.54) is 31.2 Å². The first-order chi connectivity index (χ1) is 12.8. The molecule has 3 aromatic rings. The average Bonchev–Trinajstić information content (AvgIpc) is 3.14. The largest absolute Gasteiger partial charge is 0.321 e. The van der Waals surface area contributed by atoms with Crippen LogP contribution in [0.5, 0.6) is 0 Å². The number of nitrogens with one attached hydrogen (secondary N) is 1. The lowest BCUT2D eigenvalue weighted by atomic mass is 10.2. The Balaban J connectivity index is 1.84. The van der Waals surface area contributed by atoms with Gasteiger partial charge in [0.1, 0.15) is 0 Å². The van der Waals surface area contributed by atoms with Crippen molar-refractivity contribution in [3.8, 4) is 5.69 Å². The molecule has 0 aliphatic rings. The minimum absolute atomic E-state index is 0.122. The van der Waals surface area contributed by atoms with E-state index >= 15 is 0 Å². The quantitative estimate of drug-likeness (QED) is 0.725. The third kappa shape index (κ3) is 3.88. The van der Waals surface area contributed by atoms with Crippen molar-refractivity contribution >= 4 is 21.6 Å². The Morgan fingerprint density at radius 2 is 1.81 bits per heavy atom. The summed E-state index contributed by atoms with van der Waals surface area (Å²) in [4.78, 5) is 13.9. The van der Waals surface area contributed by atoms with Gasteiger partial charge in [-0.1, -0.05) is 24.3 Å². The molecule has 1 heterocycles. The fourth-order valence-electron chi connectivity index (χ4n) is 2.40. The minimum atomic E-state index is -3.61.